The van der Waals surface area contributed by atoms with Crippen molar-refractivity contribution in [2.24, 2.45) is 5.92 Å². The van der Waals surface area contributed by atoms with Gasteiger partial charge in [-0.1, -0.05) is 18.2 Å². The average molecular weight is 420 g/mol. The molecule has 6 heteroatoms. The van der Waals surface area contributed by atoms with Gasteiger partial charge in [-0.25, -0.2) is 4.98 Å². The summed E-state index contributed by atoms with van der Waals surface area (Å²) >= 11 is 0. The number of pyridine rings is 1. The second-order valence-corrected chi connectivity index (χ2v) is 9.21. The van der Waals surface area contributed by atoms with Crippen molar-refractivity contribution in [3.05, 3.63) is 54.4 Å². The van der Waals surface area contributed by atoms with E-state index in [0.29, 0.717) is 17.5 Å². The molecule has 1 atom stereocenters. The number of anilines is 2. The van der Waals surface area contributed by atoms with E-state index in [1.54, 1.807) is 6.20 Å². The van der Waals surface area contributed by atoms with E-state index in [-0.39, 0.29) is 6.10 Å². The zero-order chi connectivity index (χ0) is 21.2. The number of fused-ring (bicyclic) bond motifs is 1. The Morgan fingerprint density at radius 2 is 1.81 bits per heavy atom. The summed E-state index contributed by atoms with van der Waals surface area (Å²) in [6.45, 7) is 4.82. The van der Waals surface area contributed by atoms with Crippen molar-refractivity contribution in [2.45, 2.75) is 37.7 Å². The second-order valence-electron chi connectivity index (χ2n) is 9.21. The summed E-state index contributed by atoms with van der Waals surface area (Å²) in [5.74, 6) is 1.97. The minimum Gasteiger partial charge on any atom is -0.397 e. The van der Waals surface area contributed by atoms with Gasteiger partial charge in [-0.3, -0.25) is 0 Å². The number of nitrogens with one attached hydrogen (secondary N) is 1. The first-order chi connectivity index (χ1) is 15.2. The highest BCUT2D eigenvalue weighted by Crippen LogP contribution is 2.33. The molecule has 4 N–H and O–H groups in total. The van der Waals surface area contributed by atoms with Crippen LogP contribution in [0.1, 0.15) is 37.2 Å². The molecule has 164 valence electrons. The number of hydrogen-bond acceptors (Lipinski definition) is 5. The molecular weight excluding hydrogens is 386 g/mol. The summed E-state index contributed by atoms with van der Waals surface area (Å²) in [6, 6.07) is 12.5. The molecule has 0 saturated carbocycles. The van der Waals surface area contributed by atoms with E-state index >= 15 is 0 Å². The van der Waals surface area contributed by atoms with Crippen LogP contribution in [0.25, 0.3) is 10.9 Å². The van der Waals surface area contributed by atoms with Gasteiger partial charge in [-0.05, 0) is 74.4 Å². The molecule has 5 rings (SSSR count). The summed E-state index contributed by atoms with van der Waals surface area (Å²) in [5.41, 5.74) is 9.13. The number of rotatable bonds is 5. The van der Waals surface area contributed by atoms with Crippen LogP contribution in [0.4, 0.5) is 11.5 Å². The van der Waals surface area contributed by atoms with Gasteiger partial charge in [0.05, 0.1) is 18.0 Å². The van der Waals surface area contributed by atoms with E-state index < -0.39 is 0 Å². The van der Waals surface area contributed by atoms with E-state index in [2.05, 4.69) is 50.2 Å². The summed E-state index contributed by atoms with van der Waals surface area (Å²) in [5, 5.41) is 12.3. The van der Waals surface area contributed by atoms with Crippen LogP contribution in [0.5, 0.6) is 0 Å². The standard InChI is InChI=1S/C25H33N5O/c26-20-5-6-25(28-15-20)30-13-9-19(10-14-30)24(31)17-29-11-7-18(8-12-29)22-16-27-23-4-2-1-3-21(22)23/h1-6,15-16,18-19,24,27,31H,7-14,17,26H2. The number of likely N-dealkylation sites (tertiary alicyclic amines) is 1. The Kier molecular flexibility index (Phi) is 5.83. The summed E-state index contributed by atoms with van der Waals surface area (Å²) in [6.07, 6.45) is 8.02. The van der Waals surface area contributed by atoms with E-state index in [4.69, 9.17) is 5.73 Å². The molecule has 2 fully saturated rings. The molecular formula is C25H33N5O. The Morgan fingerprint density at radius 1 is 1.03 bits per heavy atom. The van der Waals surface area contributed by atoms with Crippen molar-refractivity contribution >= 4 is 22.4 Å². The predicted octanol–water partition coefficient (Wildman–Crippen LogP) is 3.60. The number of hydrogen-bond donors (Lipinski definition) is 3. The van der Waals surface area contributed by atoms with Crippen molar-refractivity contribution < 1.29 is 5.11 Å². The summed E-state index contributed by atoms with van der Waals surface area (Å²) in [7, 11) is 0. The first kappa shape index (κ1) is 20.3. The number of nitrogen functional groups attached to an aromatic ring is 1. The molecule has 0 bridgehead atoms. The third-order valence-electron chi connectivity index (χ3n) is 7.27. The zero-order valence-corrected chi connectivity index (χ0v) is 18.1. The highest BCUT2D eigenvalue weighted by atomic mass is 16.3. The van der Waals surface area contributed by atoms with Crippen LogP contribution in [0.3, 0.4) is 0 Å². The molecule has 2 saturated heterocycles. The van der Waals surface area contributed by atoms with Gasteiger partial charge >= 0.3 is 0 Å². The molecule has 31 heavy (non-hydrogen) atoms. The minimum absolute atomic E-state index is 0.244. The van der Waals surface area contributed by atoms with Crippen molar-refractivity contribution in [2.75, 3.05) is 43.4 Å². The average Bonchev–Trinajstić information content (AvgIpc) is 3.24. The third kappa shape index (κ3) is 4.41. The van der Waals surface area contributed by atoms with E-state index in [1.165, 1.54) is 16.5 Å². The molecule has 0 aliphatic carbocycles. The normalized spacial score (nSPS) is 20.4. The fourth-order valence-electron chi connectivity index (χ4n) is 5.37. The maximum Gasteiger partial charge on any atom is 0.128 e. The second kappa shape index (κ2) is 8.89. The van der Waals surface area contributed by atoms with E-state index in [1.807, 2.05) is 12.1 Å². The highest BCUT2D eigenvalue weighted by molar-refractivity contribution is 5.83. The van der Waals surface area contributed by atoms with E-state index in [9.17, 15) is 5.11 Å². The molecule has 3 aromatic rings. The molecule has 0 radical (unpaired) electrons. The molecule has 2 aliphatic rings. The summed E-state index contributed by atoms with van der Waals surface area (Å²) < 4.78 is 0. The van der Waals surface area contributed by atoms with Gasteiger partial charge in [-0.15, -0.1) is 0 Å². The third-order valence-corrected chi connectivity index (χ3v) is 7.27. The number of benzene rings is 1. The number of nitrogens with two attached hydrogens (primary N) is 1. The maximum absolute atomic E-state index is 10.9. The van der Waals surface area contributed by atoms with E-state index in [0.717, 1.165) is 64.2 Å². The molecule has 1 aromatic carbocycles. The van der Waals surface area contributed by atoms with Crippen LogP contribution >= 0.6 is 0 Å². The number of para-hydroxylation sites is 1. The molecule has 6 nitrogen and oxygen atoms in total. The zero-order valence-electron chi connectivity index (χ0n) is 18.1. The van der Waals surface area contributed by atoms with Gasteiger partial charge in [0.2, 0.25) is 0 Å². The number of aromatic amines is 1. The number of aliphatic hydroxyl groups is 1. The van der Waals surface area contributed by atoms with Gasteiger partial charge in [0, 0.05) is 36.7 Å². The number of H-pyrrole nitrogens is 1. The fraction of sp³-hybridized carbons (Fsp3) is 0.480. The molecule has 0 amide bonds. The molecule has 2 aliphatic heterocycles. The predicted molar refractivity (Wildman–Crippen MR) is 126 cm³/mol. The van der Waals surface area contributed by atoms with Crippen molar-refractivity contribution in [3.8, 4) is 0 Å². The maximum atomic E-state index is 10.9. The van der Waals surface area contributed by atoms with Gasteiger partial charge < -0.3 is 25.6 Å². The van der Waals surface area contributed by atoms with Crippen molar-refractivity contribution in [1.29, 1.82) is 0 Å². The lowest BCUT2D eigenvalue weighted by molar-refractivity contribution is 0.0450. The first-order valence-electron chi connectivity index (χ1n) is 11.6. The highest BCUT2D eigenvalue weighted by Gasteiger charge is 2.29. The molecule has 0 spiro atoms. The number of β-amino-alcohol motifs (C(OH)–C–C–N with tert-alkyl or cyclic N) is 1. The number of nitrogens with zero attached hydrogens (tertiary/aromatic N) is 3. The molecule has 1 unspecified atom stereocenters. The van der Waals surface area contributed by atoms with Crippen LogP contribution in [-0.4, -0.2) is 58.8 Å². The lowest BCUT2D eigenvalue weighted by atomic mass is 9.87. The van der Waals surface area contributed by atoms with Crippen molar-refractivity contribution in [1.82, 2.24) is 14.9 Å². The monoisotopic (exact) mass is 419 g/mol. The summed E-state index contributed by atoms with van der Waals surface area (Å²) in [4.78, 5) is 12.6. The Labute approximate surface area is 184 Å². The Bertz CT molecular complexity index is 985. The lowest BCUT2D eigenvalue weighted by Crippen LogP contribution is -2.44. The number of aliphatic hydroxyl groups excluding tert-OH is 1. The van der Waals surface area contributed by atoms with Crippen LogP contribution in [0, 0.1) is 5.92 Å². The lowest BCUT2D eigenvalue weighted by Gasteiger charge is -2.38. The number of aromatic nitrogens is 2. The van der Waals surface area contributed by atoms with Crippen LogP contribution in [0.15, 0.2) is 48.8 Å². The quantitative estimate of drug-likeness (QED) is 0.589. The van der Waals surface area contributed by atoms with Crippen LogP contribution < -0.4 is 10.6 Å². The largest absolute Gasteiger partial charge is 0.397 e. The Morgan fingerprint density at radius 3 is 2.55 bits per heavy atom. The van der Waals surface area contributed by atoms with Gasteiger partial charge in [-0.2, -0.15) is 0 Å². The minimum atomic E-state index is -0.244. The smallest absolute Gasteiger partial charge is 0.128 e. The van der Waals surface area contributed by atoms with Gasteiger partial charge in [0.1, 0.15) is 5.82 Å². The first-order valence-corrected chi connectivity index (χ1v) is 11.6. The van der Waals surface area contributed by atoms with Gasteiger partial charge in [0.15, 0.2) is 0 Å². The van der Waals surface area contributed by atoms with Crippen LogP contribution in [0.2, 0.25) is 0 Å². The topological polar surface area (TPSA) is 81.4 Å². The Hall–Kier alpha value is -2.57. The molecule has 2 aromatic heterocycles. The van der Waals surface area contributed by atoms with Gasteiger partial charge in [0.25, 0.3) is 0 Å². The number of piperidine rings is 2. The van der Waals surface area contributed by atoms with Crippen LogP contribution in [-0.2, 0) is 0 Å². The Balaban J connectivity index is 1.10. The van der Waals surface area contributed by atoms with Crippen molar-refractivity contribution in [3.63, 3.8) is 0 Å². The molecule has 4 heterocycles. The fourth-order valence-corrected chi connectivity index (χ4v) is 5.37. The SMILES string of the molecule is Nc1ccc(N2CCC(C(O)CN3CCC(c4c[nH]c5ccccc45)CC3)CC2)nc1.